The number of aromatic nitrogens is 1. The Balaban J connectivity index is 2.21. The van der Waals surface area contributed by atoms with Gasteiger partial charge in [-0.25, -0.2) is 0 Å². The second kappa shape index (κ2) is 8.15. The van der Waals surface area contributed by atoms with Gasteiger partial charge < -0.3 is 9.84 Å². The van der Waals surface area contributed by atoms with Gasteiger partial charge in [0, 0.05) is 31.2 Å². The molecule has 0 aliphatic rings. The Labute approximate surface area is 110 Å². The summed E-state index contributed by atoms with van der Waals surface area (Å²) in [6.07, 6.45) is 1.54. The summed E-state index contributed by atoms with van der Waals surface area (Å²) in [5.74, 6) is 1.20. The van der Waals surface area contributed by atoms with Crippen molar-refractivity contribution in [2.75, 3.05) is 19.3 Å². The van der Waals surface area contributed by atoms with E-state index in [0.717, 1.165) is 17.2 Å². The molecule has 0 unspecified atom stereocenters. The van der Waals surface area contributed by atoms with Crippen LogP contribution in [-0.2, 0) is 5.75 Å². The lowest BCUT2D eigenvalue weighted by molar-refractivity contribution is 0.414. The van der Waals surface area contributed by atoms with Crippen LogP contribution in [0, 0.1) is 28.6 Å². The number of rotatable bonds is 6. The molecule has 18 heavy (non-hydrogen) atoms. The van der Waals surface area contributed by atoms with E-state index < -0.39 is 5.92 Å². The number of aliphatic imine (C=N–C) groups is 1. The van der Waals surface area contributed by atoms with Crippen LogP contribution < -0.4 is 5.32 Å². The topological polar surface area (TPSA) is 98.0 Å². The maximum absolute atomic E-state index is 8.74. The zero-order valence-electron chi connectivity index (χ0n) is 9.96. The van der Waals surface area contributed by atoms with Gasteiger partial charge in [-0.3, -0.25) is 4.99 Å². The maximum atomic E-state index is 8.74. The minimum atomic E-state index is -0.824. The Bertz CT molecular complexity index is 443. The predicted octanol–water partition coefficient (Wildman–Crippen LogP) is 1.19. The molecule has 94 valence electrons. The molecule has 0 bridgehead atoms. The van der Waals surface area contributed by atoms with E-state index in [-0.39, 0.29) is 0 Å². The molecule has 1 N–H and O–H groups in total. The molecule has 0 atom stereocenters. The first-order chi connectivity index (χ1) is 8.81. The monoisotopic (exact) mass is 263 g/mol. The molecule has 6 nitrogen and oxygen atoms in total. The zero-order valence-corrected chi connectivity index (χ0v) is 10.8. The minimum Gasteiger partial charge on any atom is -0.371 e. The van der Waals surface area contributed by atoms with Gasteiger partial charge in [0.1, 0.15) is 12.1 Å². The van der Waals surface area contributed by atoms with Crippen LogP contribution in [0.4, 0.5) is 0 Å². The third-order valence-electron chi connectivity index (χ3n) is 2.07. The molecular formula is C11H13N5OS. The molecule has 0 aliphatic carbocycles. The van der Waals surface area contributed by atoms with Crippen LogP contribution >= 0.6 is 11.8 Å². The summed E-state index contributed by atoms with van der Waals surface area (Å²) < 4.78 is 4.72. The first kappa shape index (κ1) is 14.1. The number of amidine groups is 1. The Morgan fingerprint density at radius 3 is 2.94 bits per heavy atom. The van der Waals surface area contributed by atoms with E-state index in [1.165, 1.54) is 0 Å². The number of nitriles is 2. The average Bonchev–Trinajstić information content (AvgIpc) is 2.90. The van der Waals surface area contributed by atoms with Crippen molar-refractivity contribution < 1.29 is 4.52 Å². The van der Waals surface area contributed by atoms with Gasteiger partial charge in [0.05, 0.1) is 17.8 Å². The van der Waals surface area contributed by atoms with Crippen molar-refractivity contribution in [1.82, 2.24) is 10.5 Å². The standard InChI is InChI=1S/C11H13N5OS/c1-14-11(9(6-12)7-13)15-3-5-18-8-10-2-4-17-16-10/h2,4,9H,3,5,8H2,1H3,(H,14,15). The summed E-state index contributed by atoms with van der Waals surface area (Å²) in [5.41, 5.74) is 0.899. The van der Waals surface area contributed by atoms with Crippen LogP contribution in [0.5, 0.6) is 0 Å². The highest BCUT2D eigenvalue weighted by Gasteiger charge is 2.12. The van der Waals surface area contributed by atoms with Crippen molar-refractivity contribution in [3.63, 3.8) is 0 Å². The van der Waals surface area contributed by atoms with E-state index in [4.69, 9.17) is 15.0 Å². The average molecular weight is 263 g/mol. The van der Waals surface area contributed by atoms with E-state index in [2.05, 4.69) is 15.5 Å². The fraction of sp³-hybridized carbons (Fsp3) is 0.455. The Kier molecular flexibility index (Phi) is 6.37. The molecule has 1 rings (SSSR count). The number of hydrogen-bond acceptors (Lipinski definition) is 6. The van der Waals surface area contributed by atoms with Crippen LogP contribution in [0.15, 0.2) is 21.8 Å². The molecule has 0 saturated heterocycles. The highest BCUT2D eigenvalue weighted by atomic mass is 32.2. The predicted molar refractivity (Wildman–Crippen MR) is 68.7 cm³/mol. The molecule has 0 aliphatic heterocycles. The third kappa shape index (κ3) is 4.48. The van der Waals surface area contributed by atoms with E-state index in [1.54, 1.807) is 25.1 Å². The fourth-order valence-electron chi connectivity index (χ4n) is 1.20. The van der Waals surface area contributed by atoms with Gasteiger partial charge in [0.15, 0.2) is 5.92 Å². The zero-order chi connectivity index (χ0) is 13.2. The normalized spacial score (nSPS) is 11.0. The lowest BCUT2D eigenvalue weighted by Crippen LogP contribution is -2.31. The van der Waals surface area contributed by atoms with Crippen LogP contribution in [0.1, 0.15) is 5.69 Å². The molecule has 7 heteroatoms. The summed E-state index contributed by atoms with van der Waals surface area (Å²) >= 11 is 1.68. The Morgan fingerprint density at radius 1 is 1.61 bits per heavy atom. The molecule has 0 fully saturated rings. The largest absolute Gasteiger partial charge is 0.371 e. The highest BCUT2D eigenvalue weighted by molar-refractivity contribution is 7.98. The maximum Gasteiger partial charge on any atom is 0.189 e. The first-order valence-corrected chi connectivity index (χ1v) is 6.44. The summed E-state index contributed by atoms with van der Waals surface area (Å²) in [6.45, 7) is 0.648. The molecule has 0 spiro atoms. The second-order valence-corrected chi connectivity index (χ2v) is 4.38. The van der Waals surface area contributed by atoms with Gasteiger partial charge >= 0.3 is 0 Å². The summed E-state index contributed by atoms with van der Waals surface area (Å²) in [7, 11) is 1.56. The van der Waals surface area contributed by atoms with Crippen LogP contribution in [0.2, 0.25) is 0 Å². The van der Waals surface area contributed by atoms with Crippen molar-refractivity contribution in [3.05, 3.63) is 18.0 Å². The van der Waals surface area contributed by atoms with Crippen molar-refractivity contribution in [1.29, 1.82) is 10.5 Å². The van der Waals surface area contributed by atoms with Gasteiger partial charge in [-0.1, -0.05) is 5.16 Å². The lowest BCUT2D eigenvalue weighted by atomic mass is 10.2. The number of thioether (sulfide) groups is 1. The van der Waals surface area contributed by atoms with Crippen molar-refractivity contribution in [2.24, 2.45) is 10.9 Å². The molecule has 0 amide bonds. The number of nitrogens with zero attached hydrogens (tertiary/aromatic N) is 4. The van der Waals surface area contributed by atoms with Gasteiger partial charge in [-0.15, -0.1) is 0 Å². The SMILES string of the molecule is CN=C(NCCSCc1ccon1)C(C#N)C#N. The molecular weight excluding hydrogens is 250 g/mol. The van der Waals surface area contributed by atoms with Crippen molar-refractivity contribution in [2.45, 2.75) is 5.75 Å². The molecule has 0 saturated carbocycles. The lowest BCUT2D eigenvalue weighted by Gasteiger charge is -2.08. The van der Waals surface area contributed by atoms with Gasteiger partial charge in [0.25, 0.3) is 0 Å². The summed E-state index contributed by atoms with van der Waals surface area (Å²) in [4.78, 5) is 3.90. The van der Waals surface area contributed by atoms with E-state index in [1.807, 2.05) is 18.2 Å². The summed E-state index contributed by atoms with van der Waals surface area (Å²) in [6, 6.07) is 5.59. The quantitative estimate of drug-likeness (QED) is 0.470. The molecule has 1 aromatic heterocycles. The molecule has 0 radical (unpaired) electrons. The molecule has 1 heterocycles. The molecule has 0 aromatic carbocycles. The van der Waals surface area contributed by atoms with E-state index in [9.17, 15) is 0 Å². The van der Waals surface area contributed by atoms with Crippen LogP contribution in [-0.4, -0.2) is 30.3 Å². The second-order valence-electron chi connectivity index (χ2n) is 3.27. The molecule has 1 aromatic rings. The fourth-order valence-corrected chi connectivity index (χ4v) is 1.95. The van der Waals surface area contributed by atoms with Gasteiger partial charge in [0.2, 0.25) is 0 Å². The van der Waals surface area contributed by atoms with E-state index in [0.29, 0.717) is 12.4 Å². The number of hydrogen-bond donors (Lipinski definition) is 1. The van der Waals surface area contributed by atoms with Gasteiger partial charge in [-0.05, 0) is 0 Å². The highest BCUT2D eigenvalue weighted by Crippen LogP contribution is 2.08. The Morgan fingerprint density at radius 2 is 2.39 bits per heavy atom. The van der Waals surface area contributed by atoms with Crippen molar-refractivity contribution in [3.8, 4) is 12.1 Å². The van der Waals surface area contributed by atoms with Gasteiger partial charge in [-0.2, -0.15) is 22.3 Å². The van der Waals surface area contributed by atoms with Crippen LogP contribution in [0.3, 0.4) is 0 Å². The van der Waals surface area contributed by atoms with E-state index >= 15 is 0 Å². The Hall–Kier alpha value is -1.99. The minimum absolute atomic E-state index is 0.419. The number of nitrogens with one attached hydrogen (secondary N) is 1. The van der Waals surface area contributed by atoms with Crippen LogP contribution in [0.25, 0.3) is 0 Å². The van der Waals surface area contributed by atoms with Crippen molar-refractivity contribution >= 4 is 17.6 Å². The smallest absolute Gasteiger partial charge is 0.189 e. The summed E-state index contributed by atoms with van der Waals surface area (Å²) in [5, 5.41) is 24.3. The third-order valence-corrected chi connectivity index (χ3v) is 3.06. The first-order valence-electron chi connectivity index (χ1n) is 5.28.